The van der Waals surface area contributed by atoms with Gasteiger partial charge >= 0.3 is 0 Å². The van der Waals surface area contributed by atoms with Gasteiger partial charge in [0.2, 0.25) is 0 Å². The predicted molar refractivity (Wildman–Crippen MR) is 112 cm³/mol. The van der Waals surface area contributed by atoms with E-state index in [4.69, 9.17) is 28.6 Å². The fourth-order valence-electron chi connectivity index (χ4n) is 3.07. The summed E-state index contributed by atoms with van der Waals surface area (Å²) in [7, 11) is 1.60. The monoisotopic (exact) mass is 401 g/mol. The number of benzene rings is 2. The Morgan fingerprint density at radius 3 is 2.67 bits per heavy atom. The average molecular weight is 402 g/mol. The van der Waals surface area contributed by atoms with Gasteiger partial charge in [0.05, 0.1) is 18.7 Å². The molecule has 27 heavy (non-hydrogen) atoms. The summed E-state index contributed by atoms with van der Waals surface area (Å²) in [6.07, 6.45) is 0. The summed E-state index contributed by atoms with van der Waals surface area (Å²) in [5, 5.41) is 10.2. The van der Waals surface area contributed by atoms with Gasteiger partial charge in [-0.2, -0.15) is 0 Å². The van der Waals surface area contributed by atoms with Crippen LogP contribution < -0.4 is 20.7 Å². The Morgan fingerprint density at radius 1 is 1.19 bits per heavy atom. The fourth-order valence-corrected chi connectivity index (χ4v) is 3.51. The van der Waals surface area contributed by atoms with Crippen LogP contribution in [0.2, 0.25) is 5.02 Å². The molecule has 1 aliphatic heterocycles. The van der Waals surface area contributed by atoms with E-state index < -0.39 is 6.04 Å². The number of carbonyl (C=O) groups excluding carboxylic acids is 1. The molecule has 3 N–H and O–H groups in total. The van der Waals surface area contributed by atoms with Crippen molar-refractivity contribution in [1.82, 2.24) is 10.6 Å². The van der Waals surface area contributed by atoms with Crippen molar-refractivity contribution in [2.75, 3.05) is 12.4 Å². The summed E-state index contributed by atoms with van der Waals surface area (Å²) in [6.45, 7) is 3.69. The van der Waals surface area contributed by atoms with E-state index in [9.17, 15) is 4.79 Å². The Bertz CT molecular complexity index is 943. The van der Waals surface area contributed by atoms with E-state index in [0.717, 1.165) is 11.1 Å². The highest BCUT2D eigenvalue weighted by molar-refractivity contribution is 7.80. The van der Waals surface area contributed by atoms with E-state index in [1.807, 2.05) is 44.2 Å². The molecular weight excluding hydrogens is 382 g/mol. The SMILES string of the molecule is COc1ccccc1[C@@H]1NC(=S)NC(C)=C1C(=O)Nc1cccc(Cl)c1C. The third kappa shape index (κ3) is 3.91. The van der Waals surface area contributed by atoms with E-state index in [0.29, 0.717) is 32.8 Å². The normalized spacial score (nSPS) is 16.4. The number of halogens is 1. The minimum Gasteiger partial charge on any atom is -0.496 e. The first-order chi connectivity index (χ1) is 12.9. The number of methoxy groups -OCH3 is 1. The van der Waals surface area contributed by atoms with Crippen LogP contribution in [0, 0.1) is 6.92 Å². The molecule has 1 aliphatic rings. The summed E-state index contributed by atoms with van der Waals surface area (Å²) in [4.78, 5) is 13.2. The lowest BCUT2D eigenvalue weighted by Gasteiger charge is -2.31. The van der Waals surface area contributed by atoms with Crippen LogP contribution in [0.3, 0.4) is 0 Å². The molecule has 3 rings (SSSR count). The Morgan fingerprint density at radius 2 is 1.93 bits per heavy atom. The van der Waals surface area contributed by atoms with Crippen molar-refractivity contribution in [3.63, 3.8) is 0 Å². The zero-order chi connectivity index (χ0) is 19.6. The summed E-state index contributed by atoms with van der Waals surface area (Å²) >= 11 is 11.5. The molecule has 7 heteroatoms. The second kappa shape index (κ2) is 7.98. The molecule has 0 spiro atoms. The van der Waals surface area contributed by atoms with Crippen molar-refractivity contribution < 1.29 is 9.53 Å². The Hall–Kier alpha value is -2.57. The van der Waals surface area contributed by atoms with Gasteiger partial charge in [-0.1, -0.05) is 35.9 Å². The third-order valence-corrected chi connectivity index (χ3v) is 5.11. The summed E-state index contributed by atoms with van der Waals surface area (Å²) in [5.74, 6) is 0.438. The minimum atomic E-state index is -0.436. The number of hydrogen-bond acceptors (Lipinski definition) is 3. The zero-order valence-electron chi connectivity index (χ0n) is 15.2. The largest absolute Gasteiger partial charge is 0.496 e. The lowest BCUT2D eigenvalue weighted by molar-refractivity contribution is -0.113. The number of nitrogens with one attached hydrogen (secondary N) is 3. The van der Waals surface area contributed by atoms with Gasteiger partial charge in [0, 0.05) is 22.0 Å². The number of carbonyl (C=O) groups is 1. The molecule has 0 bridgehead atoms. The first kappa shape index (κ1) is 19.2. The van der Waals surface area contributed by atoms with Crippen molar-refractivity contribution in [3.05, 3.63) is 69.9 Å². The molecular formula is C20H20ClN3O2S. The van der Waals surface area contributed by atoms with Gasteiger partial charge in [-0.15, -0.1) is 0 Å². The Labute approximate surface area is 168 Å². The Balaban J connectivity index is 2.01. The van der Waals surface area contributed by atoms with Crippen molar-refractivity contribution in [2.45, 2.75) is 19.9 Å². The maximum atomic E-state index is 13.2. The Kier molecular flexibility index (Phi) is 5.68. The van der Waals surface area contributed by atoms with Gasteiger partial charge < -0.3 is 20.7 Å². The quantitative estimate of drug-likeness (QED) is 0.673. The van der Waals surface area contributed by atoms with Crippen LogP contribution in [0.1, 0.15) is 24.1 Å². The highest BCUT2D eigenvalue weighted by Crippen LogP contribution is 2.34. The van der Waals surface area contributed by atoms with E-state index in [1.165, 1.54) is 0 Å². The topological polar surface area (TPSA) is 62.4 Å². The molecule has 1 heterocycles. The molecule has 0 aromatic heterocycles. The summed E-state index contributed by atoms with van der Waals surface area (Å²) < 4.78 is 5.47. The highest BCUT2D eigenvalue weighted by Gasteiger charge is 2.31. The molecule has 2 aromatic carbocycles. The second-order valence-corrected chi connectivity index (χ2v) is 6.99. The van der Waals surface area contributed by atoms with Gasteiger partial charge in [0.15, 0.2) is 5.11 Å². The number of allylic oxidation sites excluding steroid dienone is 1. The van der Waals surface area contributed by atoms with Crippen molar-refractivity contribution >= 4 is 40.5 Å². The molecule has 0 aliphatic carbocycles. The van der Waals surface area contributed by atoms with Crippen molar-refractivity contribution in [2.24, 2.45) is 0 Å². The molecule has 0 saturated heterocycles. The first-order valence-corrected chi connectivity index (χ1v) is 9.18. The van der Waals surface area contributed by atoms with Gasteiger partial charge in [-0.3, -0.25) is 4.79 Å². The number of thiocarbonyl (C=S) groups is 1. The number of anilines is 1. The maximum Gasteiger partial charge on any atom is 0.255 e. The summed E-state index contributed by atoms with van der Waals surface area (Å²) in [5.41, 5.74) is 3.53. The molecule has 0 radical (unpaired) electrons. The van der Waals surface area contributed by atoms with Crippen LogP contribution in [0.25, 0.3) is 0 Å². The highest BCUT2D eigenvalue weighted by atomic mass is 35.5. The van der Waals surface area contributed by atoms with Crippen molar-refractivity contribution in [1.29, 1.82) is 0 Å². The lowest BCUT2D eigenvalue weighted by atomic mass is 9.94. The summed E-state index contributed by atoms with van der Waals surface area (Å²) in [6, 6.07) is 12.5. The average Bonchev–Trinajstić information content (AvgIpc) is 2.64. The smallest absolute Gasteiger partial charge is 0.255 e. The van der Waals surface area contributed by atoms with Gasteiger partial charge in [-0.25, -0.2) is 0 Å². The lowest BCUT2D eigenvalue weighted by Crippen LogP contribution is -2.45. The van der Waals surface area contributed by atoms with Gasteiger partial charge in [0.1, 0.15) is 5.75 Å². The van der Waals surface area contributed by atoms with Gasteiger partial charge in [0.25, 0.3) is 5.91 Å². The maximum absolute atomic E-state index is 13.2. The molecule has 1 atom stereocenters. The third-order valence-electron chi connectivity index (χ3n) is 4.48. The van der Waals surface area contributed by atoms with Crippen LogP contribution in [-0.4, -0.2) is 18.1 Å². The fraction of sp³-hybridized carbons (Fsp3) is 0.200. The van der Waals surface area contributed by atoms with Crippen LogP contribution >= 0.6 is 23.8 Å². The van der Waals surface area contributed by atoms with Crippen molar-refractivity contribution in [3.8, 4) is 5.75 Å². The van der Waals surface area contributed by atoms with E-state index in [1.54, 1.807) is 19.2 Å². The standard InChI is InChI=1S/C20H20ClN3O2S/c1-11-14(21)8-6-9-15(11)23-19(25)17-12(2)22-20(27)24-18(17)13-7-4-5-10-16(13)26-3/h4-10,18H,1-3H3,(H,23,25)(H2,22,24,27)/t18-/m0/s1. The number of amides is 1. The molecule has 0 unspecified atom stereocenters. The number of para-hydroxylation sites is 1. The van der Waals surface area contributed by atoms with Crippen LogP contribution in [-0.2, 0) is 4.79 Å². The first-order valence-electron chi connectivity index (χ1n) is 8.40. The molecule has 5 nitrogen and oxygen atoms in total. The van der Waals surface area contributed by atoms with Crippen LogP contribution in [0.15, 0.2) is 53.7 Å². The molecule has 140 valence electrons. The molecule has 2 aromatic rings. The predicted octanol–water partition coefficient (Wildman–Crippen LogP) is 4.09. The molecule has 0 fully saturated rings. The minimum absolute atomic E-state index is 0.240. The molecule has 0 saturated carbocycles. The molecule has 1 amide bonds. The van der Waals surface area contributed by atoms with Gasteiger partial charge in [-0.05, 0) is 49.8 Å². The van der Waals surface area contributed by atoms with Crippen LogP contribution in [0.4, 0.5) is 5.69 Å². The zero-order valence-corrected chi connectivity index (χ0v) is 16.8. The second-order valence-electron chi connectivity index (χ2n) is 6.18. The number of hydrogen-bond donors (Lipinski definition) is 3. The van der Waals surface area contributed by atoms with Crippen LogP contribution in [0.5, 0.6) is 5.75 Å². The van der Waals surface area contributed by atoms with E-state index in [-0.39, 0.29) is 5.91 Å². The number of ether oxygens (including phenoxy) is 1. The van der Waals surface area contributed by atoms with E-state index >= 15 is 0 Å². The van der Waals surface area contributed by atoms with E-state index in [2.05, 4.69) is 16.0 Å². The number of rotatable bonds is 4.